The van der Waals surface area contributed by atoms with Crippen LogP contribution in [0.5, 0.6) is 0 Å². The van der Waals surface area contributed by atoms with E-state index in [1.165, 1.54) is 5.57 Å². The lowest BCUT2D eigenvalue weighted by Gasteiger charge is -2.70. The summed E-state index contributed by atoms with van der Waals surface area (Å²) in [4.78, 5) is 26.4. The monoisotopic (exact) mass is 470 g/mol. The number of ketones is 1. The first kappa shape index (κ1) is 24.5. The molecule has 9 atom stereocenters. The van der Waals surface area contributed by atoms with Crippen molar-refractivity contribution in [2.75, 3.05) is 0 Å². The molecule has 0 saturated heterocycles. The van der Waals surface area contributed by atoms with Gasteiger partial charge in [0.15, 0.2) is 5.78 Å². The fraction of sp³-hybridized carbons (Fsp3) is 0.867. The van der Waals surface area contributed by atoms with E-state index < -0.39 is 11.4 Å². The lowest BCUT2D eigenvalue weighted by atomic mass is 9.33. The number of carbonyl (C=O) groups is 2. The molecule has 0 amide bonds. The van der Waals surface area contributed by atoms with Gasteiger partial charge in [-0.2, -0.15) is 0 Å². The molecule has 0 aromatic rings. The summed E-state index contributed by atoms with van der Waals surface area (Å²) in [6.07, 6.45) is 9.95. The molecule has 0 bridgehead atoms. The van der Waals surface area contributed by atoms with Gasteiger partial charge < -0.3 is 10.2 Å². The Hall–Kier alpha value is -1.16. The first-order valence-electron chi connectivity index (χ1n) is 13.7. The van der Waals surface area contributed by atoms with Crippen molar-refractivity contribution in [3.63, 3.8) is 0 Å². The highest BCUT2D eigenvalue weighted by molar-refractivity contribution is 5.95. The number of aliphatic carboxylic acids is 1. The third-order valence-corrected chi connectivity index (χ3v) is 13.1. The average molecular weight is 471 g/mol. The van der Waals surface area contributed by atoms with Crippen molar-refractivity contribution >= 4 is 11.8 Å². The van der Waals surface area contributed by atoms with E-state index in [-0.39, 0.29) is 50.8 Å². The normalized spacial score (nSPS) is 54.1. The minimum atomic E-state index is -0.711. The van der Waals surface area contributed by atoms with Crippen molar-refractivity contribution in [2.24, 2.45) is 50.2 Å². The Bertz CT molecular complexity index is 965. The standard InChI is InChI=1S/C30H46O4/c1-25(2)21-8-11-30(7)23(28(21,5)10-9-22(25)32)20(31)16-18-19-17-27(4,24(33)34)13-12-26(19,3)14-15-29(18,30)6/h16,19,21-23,32H,8-15,17H2,1-7H3,(H,33,34)/t19-,21+,22+,23-,26-,27+,28+,29-,30-/m1/s1. The maximum Gasteiger partial charge on any atom is 0.309 e. The number of aliphatic hydroxyl groups excluding tert-OH is 1. The summed E-state index contributed by atoms with van der Waals surface area (Å²) >= 11 is 0. The molecule has 2 N–H and O–H groups in total. The second-order valence-electron chi connectivity index (χ2n) is 14.9. The molecule has 5 rings (SSSR count). The van der Waals surface area contributed by atoms with Crippen molar-refractivity contribution in [1.29, 1.82) is 0 Å². The van der Waals surface area contributed by atoms with Crippen LogP contribution in [0.25, 0.3) is 0 Å². The Balaban J connectivity index is 1.62. The van der Waals surface area contributed by atoms with Crippen LogP contribution < -0.4 is 0 Å². The fourth-order valence-electron chi connectivity index (χ4n) is 10.4. The van der Waals surface area contributed by atoms with Crippen molar-refractivity contribution < 1.29 is 19.8 Å². The Labute approximate surface area is 206 Å². The van der Waals surface area contributed by atoms with Crippen LogP contribution in [0.15, 0.2) is 11.6 Å². The zero-order valence-corrected chi connectivity index (χ0v) is 22.5. The lowest BCUT2D eigenvalue weighted by Crippen LogP contribution is -2.66. The third kappa shape index (κ3) is 2.81. The van der Waals surface area contributed by atoms with Gasteiger partial charge in [-0.1, -0.05) is 47.1 Å². The van der Waals surface area contributed by atoms with E-state index in [4.69, 9.17) is 0 Å². The molecule has 0 radical (unpaired) electrons. The van der Waals surface area contributed by atoms with E-state index in [1.54, 1.807) is 0 Å². The van der Waals surface area contributed by atoms with Gasteiger partial charge in [-0.15, -0.1) is 0 Å². The molecule has 5 aliphatic carbocycles. The summed E-state index contributed by atoms with van der Waals surface area (Å²) < 4.78 is 0. The first-order valence-corrected chi connectivity index (χ1v) is 13.7. The molecule has 0 unspecified atom stereocenters. The zero-order valence-electron chi connectivity index (χ0n) is 22.5. The van der Waals surface area contributed by atoms with Gasteiger partial charge in [-0.25, -0.2) is 0 Å². The fourth-order valence-corrected chi connectivity index (χ4v) is 10.4. The summed E-state index contributed by atoms with van der Waals surface area (Å²) in [5.41, 5.74) is 0.142. The van der Waals surface area contributed by atoms with Gasteiger partial charge in [0.25, 0.3) is 0 Å². The third-order valence-electron chi connectivity index (χ3n) is 13.1. The van der Waals surface area contributed by atoms with Gasteiger partial charge in [0.05, 0.1) is 11.5 Å². The molecule has 34 heavy (non-hydrogen) atoms. The largest absolute Gasteiger partial charge is 0.481 e. The van der Waals surface area contributed by atoms with E-state index in [1.807, 2.05) is 13.0 Å². The predicted octanol–water partition coefficient (Wildman–Crippen LogP) is 6.41. The first-order chi connectivity index (χ1) is 15.6. The van der Waals surface area contributed by atoms with Gasteiger partial charge in [0.2, 0.25) is 0 Å². The highest BCUT2D eigenvalue weighted by atomic mass is 16.4. The van der Waals surface area contributed by atoms with Crippen LogP contribution in [0.1, 0.15) is 106 Å². The van der Waals surface area contributed by atoms with Crippen LogP contribution in [0.4, 0.5) is 0 Å². The van der Waals surface area contributed by atoms with Crippen molar-refractivity contribution in [1.82, 2.24) is 0 Å². The quantitative estimate of drug-likeness (QED) is 0.464. The molecule has 0 heterocycles. The van der Waals surface area contributed by atoms with E-state index in [9.17, 15) is 19.8 Å². The van der Waals surface area contributed by atoms with E-state index in [2.05, 4.69) is 41.5 Å². The molecule has 0 aromatic heterocycles. The second kappa shape index (κ2) is 6.99. The van der Waals surface area contributed by atoms with Gasteiger partial charge in [0, 0.05) is 5.92 Å². The zero-order chi connectivity index (χ0) is 25.1. The second-order valence-corrected chi connectivity index (χ2v) is 14.9. The van der Waals surface area contributed by atoms with Gasteiger partial charge in [-0.3, -0.25) is 9.59 Å². The van der Waals surface area contributed by atoms with E-state index in [0.29, 0.717) is 12.3 Å². The van der Waals surface area contributed by atoms with Crippen molar-refractivity contribution in [2.45, 2.75) is 112 Å². The minimum absolute atomic E-state index is 0.0296. The molecule has 4 fully saturated rings. The Kier molecular flexibility index (Phi) is 5.04. The van der Waals surface area contributed by atoms with Crippen molar-refractivity contribution in [3.05, 3.63) is 11.6 Å². The van der Waals surface area contributed by atoms with Crippen LogP contribution >= 0.6 is 0 Å². The molecule has 4 nitrogen and oxygen atoms in total. The Morgan fingerprint density at radius 3 is 2.21 bits per heavy atom. The van der Waals surface area contributed by atoms with Crippen LogP contribution in [0.2, 0.25) is 0 Å². The molecule has 190 valence electrons. The summed E-state index contributed by atoms with van der Waals surface area (Å²) in [6.45, 7) is 15.8. The number of allylic oxidation sites excluding steroid dienone is 2. The van der Waals surface area contributed by atoms with E-state index in [0.717, 1.165) is 51.4 Å². The summed E-state index contributed by atoms with van der Waals surface area (Å²) in [7, 11) is 0. The number of carbonyl (C=O) groups excluding carboxylic acids is 1. The predicted molar refractivity (Wildman–Crippen MR) is 133 cm³/mol. The van der Waals surface area contributed by atoms with Crippen LogP contribution in [0, 0.1) is 50.2 Å². The molecule has 0 spiro atoms. The number of hydrogen-bond acceptors (Lipinski definition) is 3. The maximum absolute atomic E-state index is 14.2. The molecular weight excluding hydrogens is 424 g/mol. The van der Waals surface area contributed by atoms with Crippen molar-refractivity contribution in [3.8, 4) is 0 Å². The number of hydrogen-bond donors (Lipinski definition) is 2. The van der Waals surface area contributed by atoms with Crippen LogP contribution in [0.3, 0.4) is 0 Å². The summed E-state index contributed by atoms with van der Waals surface area (Å²) in [5, 5.41) is 20.9. The van der Waals surface area contributed by atoms with Gasteiger partial charge >= 0.3 is 5.97 Å². The molecular formula is C30H46O4. The van der Waals surface area contributed by atoms with Gasteiger partial charge in [0.1, 0.15) is 0 Å². The minimum Gasteiger partial charge on any atom is -0.481 e. The van der Waals surface area contributed by atoms with E-state index >= 15 is 0 Å². The molecule has 4 heteroatoms. The summed E-state index contributed by atoms with van der Waals surface area (Å²) in [6, 6.07) is 0. The number of fused-ring (bicyclic) bond motifs is 7. The highest BCUT2D eigenvalue weighted by Crippen LogP contribution is 2.75. The number of aliphatic hydroxyl groups is 1. The Morgan fingerprint density at radius 1 is 0.912 bits per heavy atom. The van der Waals surface area contributed by atoms with Crippen LogP contribution in [-0.2, 0) is 9.59 Å². The smallest absolute Gasteiger partial charge is 0.309 e. The topological polar surface area (TPSA) is 74.6 Å². The SMILES string of the molecule is CC1(C)[C@@H](O)CC[C@]2(C)[C@H]3C(=O)C=C4[C@H]5C[C@@](C)(C(=O)O)CC[C@]5(C)CC[C@@]4(C)[C@]3(C)CC[C@@H]12. The molecule has 0 aliphatic heterocycles. The van der Waals surface area contributed by atoms with Crippen LogP contribution in [-0.4, -0.2) is 28.1 Å². The number of rotatable bonds is 1. The molecule has 4 saturated carbocycles. The average Bonchev–Trinajstić information content (AvgIpc) is 2.73. The maximum atomic E-state index is 14.2. The number of carboxylic acids is 1. The van der Waals surface area contributed by atoms with Gasteiger partial charge in [-0.05, 0) is 110 Å². The highest BCUT2D eigenvalue weighted by Gasteiger charge is 2.70. The molecule has 5 aliphatic rings. The Morgan fingerprint density at radius 2 is 1.56 bits per heavy atom. The lowest BCUT2D eigenvalue weighted by molar-refractivity contribution is -0.202. The number of carboxylic acid groups (broad SMARTS) is 1. The molecule has 0 aromatic carbocycles. The summed E-state index contributed by atoms with van der Waals surface area (Å²) in [5.74, 6) is 0.0603.